The van der Waals surface area contributed by atoms with Crippen LogP contribution in [0, 0.1) is 0 Å². The minimum absolute atomic E-state index is 0.147. The highest BCUT2D eigenvalue weighted by molar-refractivity contribution is 6.43. The highest BCUT2D eigenvalue weighted by Gasteiger charge is 2.29. The number of hydrogen-bond acceptors (Lipinski definition) is 4. The van der Waals surface area contributed by atoms with Gasteiger partial charge in [-0.2, -0.15) is 0 Å². The van der Waals surface area contributed by atoms with Gasteiger partial charge in [-0.05, 0) is 31.2 Å². The van der Waals surface area contributed by atoms with Crippen molar-refractivity contribution in [3.8, 4) is 0 Å². The molecule has 0 saturated carbocycles. The van der Waals surface area contributed by atoms with Crippen LogP contribution in [0.15, 0.2) is 41.0 Å². The average Bonchev–Trinajstić information content (AvgIpc) is 3.24. The Kier molecular flexibility index (Phi) is 6.26. The van der Waals surface area contributed by atoms with E-state index in [0.717, 1.165) is 0 Å². The summed E-state index contributed by atoms with van der Waals surface area (Å²) in [5.74, 6) is -0.740. The van der Waals surface area contributed by atoms with Crippen LogP contribution in [0.1, 0.15) is 27.8 Å². The molecule has 0 aliphatic carbocycles. The maximum Gasteiger partial charge on any atom is 0.287 e. The summed E-state index contributed by atoms with van der Waals surface area (Å²) in [4.78, 5) is 40.5. The standard InChI is InChI=1S/C19H19Cl2N3O4/c1-12(22-17(25)15-6-3-11-28-15)18(26)23-7-9-24(10-8-23)19(27)13-4-2-5-14(20)16(13)21/h2-6,11-12H,7-10H2,1H3,(H,22,25)/t12-/m0/s1. The molecule has 2 heterocycles. The highest BCUT2D eigenvalue weighted by Crippen LogP contribution is 2.26. The molecule has 1 aliphatic rings. The molecule has 1 aliphatic heterocycles. The fraction of sp³-hybridized carbons (Fsp3) is 0.316. The molecule has 9 heteroatoms. The molecule has 1 aromatic heterocycles. The van der Waals surface area contributed by atoms with Crippen LogP contribution in [0.25, 0.3) is 0 Å². The molecule has 3 rings (SSSR count). The zero-order chi connectivity index (χ0) is 20.3. The first-order valence-electron chi connectivity index (χ1n) is 8.75. The Morgan fingerprint density at radius 1 is 1.04 bits per heavy atom. The maximum absolute atomic E-state index is 12.7. The average molecular weight is 424 g/mol. The van der Waals surface area contributed by atoms with E-state index in [1.165, 1.54) is 12.3 Å². The van der Waals surface area contributed by atoms with E-state index < -0.39 is 11.9 Å². The van der Waals surface area contributed by atoms with Crippen LogP contribution in [0.4, 0.5) is 0 Å². The number of amides is 3. The lowest BCUT2D eigenvalue weighted by molar-refractivity contribution is -0.134. The number of carbonyl (C=O) groups excluding carboxylic acids is 3. The lowest BCUT2D eigenvalue weighted by atomic mass is 10.1. The van der Waals surface area contributed by atoms with E-state index in [4.69, 9.17) is 27.6 Å². The first kappa shape index (κ1) is 20.2. The Labute approximate surface area is 172 Å². The van der Waals surface area contributed by atoms with E-state index in [1.807, 2.05) is 0 Å². The van der Waals surface area contributed by atoms with Crippen LogP contribution in [-0.4, -0.2) is 59.7 Å². The van der Waals surface area contributed by atoms with Crippen molar-refractivity contribution >= 4 is 40.9 Å². The van der Waals surface area contributed by atoms with E-state index in [2.05, 4.69) is 5.32 Å². The number of carbonyl (C=O) groups is 3. The number of halogens is 2. The molecule has 1 saturated heterocycles. The highest BCUT2D eigenvalue weighted by atomic mass is 35.5. The lowest BCUT2D eigenvalue weighted by Gasteiger charge is -2.36. The Morgan fingerprint density at radius 3 is 2.36 bits per heavy atom. The number of nitrogens with zero attached hydrogens (tertiary/aromatic N) is 2. The van der Waals surface area contributed by atoms with Crippen molar-refractivity contribution in [1.29, 1.82) is 0 Å². The van der Waals surface area contributed by atoms with Gasteiger partial charge in [0.05, 0.1) is 21.9 Å². The number of nitrogens with one attached hydrogen (secondary N) is 1. The monoisotopic (exact) mass is 423 g/mol. The molecule has 28 heavy (non-hydrogen) atoms. The molecular weight excluding hydrogens is 405 g/mol. The van der Waals surface area contributed by atoms with Gasteiger partial charge in [0.15, 0.2) is 5.76 Å². The first-order chi connectivity index (χ1) is 13.4. The Hall–Kier alpha value is -2.51. The van der Waals surface area contributed by atoms with Gasteiger partial charge < -0.3 is 19.5 Å². The van der Waals surface area contributed by atoms with Crippen molar-refractivity contribution in [2.75, 3.05) is 26.2 Å². The van der Waals surface area contributed by atoms with E-state index in [0.29, 0.717) is 36.8 Å². The predicted molar refractivity (Wildman–Crippen MR) is 105 cm³/mol. The topological polar surface area (TPSA) is 82.9 Å². The quantitative estimate of drug-likeness (QED) is 0.819. The number of furan rings is 1. The second-order valence-electron chi connectivity index (χ2n) is 6.39. The molecule has 3 amide bonds. The third-order valence-electron chi connectivity index (χ3n) is 4.52. The van der Waals surface area contributed by atoms with Gasteiger partial charge in [-0.3, -0.25) is 14.4 Å². The molecule has 1 aromatic carbocycles. The molecule has 0 radical (unpaired) electrons. The van der Waals surface area contributed by atoms with Crippen LogP contribution in [-0.2, 0) is 4.79 Å². The van der Waals surface area contributed by atoms with Gasteiger partial charge in [-0.25, -0.2) is 0 Å². The van der Waals surface area contributed by atoms with Crippen molar-refractivity contribution in [1.82, 2.24) is 15.1 Å². The number of piperazine rings is 1. The largest absolute Gasteiger partial charge is 0.459 e. The van der Waals surface area contributed by atoms with E-state index in [9.17, 15) is 14.4 Å². The SMILES string of the molecule is C[C@H](NC(=O)c1ccco1)C(=O)N1CCN(C(=O)c2cccc(Cl)c2Cl)CC1. The normalized spacial score (nSPS) is 15.2. The molecule has 7 nitrogen and oxygen atoms in total. The number of benzene rings is 1. The van der Waals surface area contributed by atoms with Crippen molar-refractivity contribution in [2.45, 2.75) is 13.0 Å². The van der Waals surface area contributed by atoms with Crippen LogP contribution in [0.2, 0.25) is 10.0 Å². The van der Waals surface area contributed by atoms with Crippen LogP contribution >= 0.6 is 23.2 Å². The molecule has 148 valence electrons. The molecule has 0 spiro atoms. The van der Waals surface area contributed by atoms with Crippen molar-refractivity contribution < 1.29 is 18.8 Å². The molecule has 1 atom stereocenters. The lowest BCUT2D eigenvalue weighted by Crippen LogP contribution is -2.55. The van der Waals surface area contributed by atoms with Crippen LogP contribution < -0.4 is 5.32 Å². The minimum Gasteiger partial charge on any atom is -0.459 e. The van der Waals surface area contributed by atoms with Crippen molar-refractivity contribution in [3.63, 3.8) is 0 Å². The fourth-order valence-corrected chi connectivity index (χ4v) is 3.36. The summed E-state index contributed by atoms with van der Waals surface area (Å²) in [6.07, 6.45) is 1.39. The van der Waals surface area contributed by atoms with Crippen molar-refractivity contribution in [3.05, 3.63) is 58.0 Å². The smallest absolute Gasteiger partial charge is 0.287 e. The zero-order valence-corrected chi connectivity index (χ0v) is 16.7. The first-order valence-corrected chi connectivity index (χ1v) is 9.50. The fourth-order valence-electron chi connectivity index (χ4n) is 2.98. The Balaban J connectivity index is 1.55. The molecule has 0 unspecified atom stereocenters. The van der Waals surface area contributed by atoms with Gasteiger partial charge in [0.2, 0.25) is 5.91 Å². The van der Waals surface area contributed by atoms with Crippen LogP contribution in [0.3, 0.4) is 0 Å². The van der Waals surface area contributed by atoms with Crippen LogP contribution in [0.5, 0.6) is 0 Å². The summed E-state index contributed by atoms with van der Waals surface area (Å²) in [5, 5.41) is 3.16. The molecule has 2 aromatic rings. The van der Waals surface area contributed by atoms with Gasteiger partial charge in [0.25, 0.3) is 11.8 Å². The van der Waals surface area contributed by atoms with E-state index in [-0.39, 0.29) is 22.6 Å². The summed E-state index contributed by atoms with van der Waals surface area (Å²) in [5.41, 5.74) is 0.341. The van der Waals surface area contributed by atoms with E-state index in [1.54, 1.807) is 41.0 Å². The Bertz CT molecular complexity index is 877. The summed E-state index contributed by atoms with van der Waals surface area (Å²) < 4.78 is 5.02. The second kappa shape index (κ2) is 8.67. The van der Waals surface area contributed by atoms with Gasteiger partial charge in [0, 0.05) is 26.2 Å². The third-order valence-corrected chi connectivity index (χ3v) is 5.34. The summed E-state index contributed by atoms with van der Waals surface area (Å²) >= 11 is 12.1. The molecular formula is C19H19Cl2N3O4. The van der Waals surface area contributed by atoms with Gasteiger partial charge in [-0.15, -0.1) is 0 Å². The predicted octanol–water partition coefficient (Wildman–Crippen LogP) is 2.69. The summed E-state index contributed by atoms with van der Waals surface area (Å²) in [6.45, 7) is 3.08. The minimum atomic E-state index is -0.706. The second-order valence-corrected chi connectivity index (χ2v) is 7.18. The Morgan fingerprint density at radius 2 is 1.71 bits per heavy atom. The van der Waals surface area contributed by atoms with Crippen molar-refractivity contribution in [2.24, 2.45) is 0 Å². The number of hydrogen-bond donors (Lipinski definition) is 1. The molecule has 1 fully saturated rings. The van der Waals surface area contributed by atoms with E-state index >= 15 is 0 Å². The molecule has 0 bridgehead atoms. The summed E-state index contributed by atoms with van der Waals surface area (Å²) in [7, 11) is 0. The van der Waals surface area contributed by atoms with Gasteiger partial charge in [-0.1, -0.05) is 29.3 Å². The third kappa shape index (κ3) is 4.31. The molecule has 1 N–H and O–H groups in total. The maximum atomic E-state index is 12.7. The van der Waals surface area contributed by atoms with Gasteiger partial charge in [0.1, 0.15) is 6.04 Å². The van der Waals surface area contributed by atoms with Gasteiger partial charge >= 0.3 is 0 Å². The summed E-state index contributed by atoms with van der Waals surface area (Å²) in [6, 6.07) is 7.34. The number of rotatable bonds is 4. The zero-order valence-electron chi connectivity index (χ0n) is 15.2.